The lowest BCUT2D eigenvalue weighted by Crippen LogP contribution is -2.26. The van der Waals surface area contributed by atoms with Gasteiger partial charge in [0.15, 0.2) is 5.78 Å². The highest BCUT2D eigenvalue weighted by Gasteiger charge is 2.21. The van der Waals surface area contributed by atoms with E-state index in [9.17, 15) is 18.8 Å². The molecule has 0 aliphatic rings. The number of halogens is 1. The summed E-state index contributed by atoms with van der Waals surface area (Å²) in [5.74, 6) is -1.50. The summed E-state index contributed by atoms with van der Waals surface area (Å²) in [4.78, 5) is 37.1. The number of rotatable bonds is 8. The van der Waals surface area contributed by atoms with Crippen molar-refractivity contribution < 1.29 is 28.6 Å². The maximum Gasteiger partial charge on any atom is 0.322 e. The number of anilines is 1. The molecule has 0 atom stereocenters. The van der Waals surface area contributed by atoms with Crippen molar-refractivity contribution >= 4 is 17.6 Å². The number of carbonyl (C=O) groups is 2. The minimum Gasteiger partial charge on any atom is -0.497 e. The zero-order valence-electron chi connectivity index (χ0n) is 16.7. The number of benzene rings is 2. The number of aromatic nitrogens is 1. The molecule has 1 heterocycles. The van der Waals surface area contributed by atoms with Crippen LogP contribution < -0.4 is 20.3 Å². The predicted octanol–water partition coefficient (Wildman–Crippen LogP) is 2.72. The molecule has 2 aromatic carbocycles. The van der Waals surface area contributed by atoms with Crippen LogP contribution in [0.25, 0.3) is 5.69 Å². The summed E-state index contributed by atoms with van der Waals surface area (Å²) in [7, 11) is 2.88. The third-order valence-electron chi connectivity index (χ3n) is 4.48. The number of hydrogen-bond donors (Lipinski definition) is 2. The average molecular weight is 426 g/mol. The van der Waals surface area contributed by atoms with E-state index in [4.69, 9.17) is 14.6 Å². The first-order chi connectivity index (χ1) is 14.8. The van der Waals surface area contributed by atoms with Gasteiger partial charge in [-0.3, -0.25) is 19.0 Å². The van der Waals surface area contributed by atoms with E-state index >= 15 is 0 Å². The molecule has 3 rings (SSSR count). The van der Waals surface area contributed by atoms with Crippen LogP contribution in [0, 0.1) is 5.82 Å². The Morgan fingerprint density at radius 1 is 1.03 bits per heavy atom. The van der Waals surface area contributed by atoms with Gasteiger partial charge in [0.05, 0.1) is 25.5 Å². The van der Waals surface area contributed by atoms with E-state index in [0.29, 0.717) is 5.75 Å². The van der Waals surface area contributed by atoms with Gasteiger partial charge in [0, 0.05) is 17.7 Å². The fourth-order valence-electron chi connectivity index (χ4n) is 3.02. The molecule has 0 spiro atoms. The fraction of sp³-hybridized carbons (Fsp3) is 0.136. The summed E-state index contributed by atoms with van der Waals surface area (Å²) in [5, 5.41) is 11.8. The molecule has 9 heteroatoms. The van der Waals surface area contributed by atoms with Crippen LogP contribution in [0.3, 0.4) is 0 Å². The van der Waals surface area contributed by atoms with Crippen molar-refractivity contribution in [3.63, 3.8) is 0 Å². The second-order valence-electron chi connectivity index (χ2n) is 6.39. The lowest BCUT2D eigenvalue weighted by molar-refractivity contribution is -0.134. The highest BCUT2D eigenvalue weighted by molar-refractivity contribution is 6.12. The van der Waals surface area contributed by atoms with E-state index in [1.807, 2.05) is 0 Å². The normalized spacial score (nSPS) is 10.4. The summed E-state index contributed by atoms with van der Waals surface area (Å²) >= 11 is 0. The quantitative estimate of drug-likeness (QED) is 0.534. The number of hydrogen-bond acceptors (Lipinski definition) is 6. The molecule has 0 saturated heterocycles. The van der Waals surface area contributed by atoms with E-state index in [-0.39, 0.29) is 28.4 Å². The number of pyridine rings is 1. The number of carbonyl (C=O) groups excluding carboxylic acids is 1. The maximum atomic E-state index is 13.3. The maximum absolute atomic E-state index is 13.3. The van der Waals surface area contributed by atoms with E-state index in [1.165, 1.54) is 38.5 Å². The first kappa shape index (κ1) is 21.6. The molecule has 8 nitrogen and oxygen atoms in total. The third-order valence-corrected chi connectivity index (χ3v) is 4.48. The van der Waals surface area contributed by atoms with Crippen molar-refractivity contribution in [2.45, 2.75) is 0 Å². The van der Waals surface area contributed by atoms with Gasteiger partial charge in [-0.05, 0) is 42.5 Å². The number of nitrogens with one attached hydrogen (secondary N) is 1. The number of nitrogens with zero attached hydrogens (tertiary/aromatic N) is 1. The second-order valence-corrected chi connectivity index (χ2v) is 6.39. The Morgan fingerprint density at radius 2 is 1.74 bits per heavy atom. The van der Waals surface area contributed by atoms with Gasteiger partial charge in [-0.1, -0.05) is 0 Å². The lowest BCUT2D eigenvalue weighted by Gasteiger charge is -2.19. The molecule has 160 valence electrons. The van der Waals surface area contributed by atoms with Crippen molar-refractivity contribution in [2.75, 3.05) is 26.1 Å². The average Bonchev–Trinajstić information content (AvgIpc) is 2.77. The highest BCUT2D eigenvalue weighted by Crippen LogP contribution is 2.30. The number of ether oxygens (including phenoxy) is 2. The molecule has 0 amide bonds. The van der Waals surface area contributed by atoms with Crippen LogP contribution in [-0.4, -0.2) is 42.2 Å². The van der Waals surface area contributed by atoms with E-state index < -0.39 is 29.7 Å². The zero-order chi connectivity index (χ0) is 22.5. The van der Waals surface area contributed by atoms with Crippen molar-refractivity contribution in [1.29, 1.82) is 0 Å². The number of carboxylic acids is 1. The second kappa shape index (κ2) is 9.12. The van der Waals surface area contributed by atoms with E-state index in [1.54, 1.807) is 18.2 Å². The first-order valence-electron chi connectivity index (χ1n) is 9.10. The summed E-state index contributed by atoms with van der Waals surface area (Å²) in [6, 6.07) is 12.1. The molecule has 31 heavy (non-hydrogen) atoms. The van der Waals surface area contributed by atoms with Gasteiger partial charge in [0.2, 0.25) is 0 Å². The minimum absolute atomic E-state index is 0.0327. The van der Waals surface area contributed by atoms with Crippen LogP contribution in [0.1, 0.15) is 15.9 Å². The monoisotopic (exact) mass is 426 g/mol. The van der Waals surface area contributed by atoms with Crippen LogP contribution in [0.5, 0.6) is 11.5 Å². The lowest BCUT2D eigenvalue weighted by atomic mass is 10.0. The van der Waals surface area contributed by atoms with Crippen LogP contribution in [0.15, 0.2) is 59.4 Å². The van der Waals surface area contributed by atoms with Gasteiger partial charge >= 0.3 is 5.97 Å². The number of ketones is 1. The Labute approximate surface area is 176 Å². The molecule has 0 saturated carbocycles. The summed E-state index contributed by atoms with van der Waals surface area (Å²) in [6.07, 6.45) is 0. The number of methoxy groups -OCH3 is 2. The Balaban J connectivity index is 2.25. The Bertz CT molecular complexity index is 1190. The van der Waals surface area contributed by atoms with Gasteiger partial charge in [0.25, 0.3) is 5.56 Å². The van der Waals surface area contributed by atoms with Crippen LogP contribution in [0.4, 0.5) is 10.2 Å². The summed E-state index contributed by atoms with van der Waals surface area (Å²) < 4.78 is 25.0. The smallest absolute Gasteiger partial charge is 0.322 e. The van der Waals surface area contributed by atoms with Crippen molar-refractivity contribution in [1.82, 2.24) is 4.57 Å². The first-order valence-corrected chi connectivity index (χ1v) is 9.10. The number of aliphatic carboxylic acids is 1. The van der Waals surface area contributed by atoms with Gasteiger partial charge < -0.3 is 19.9 Å². The predicted molar refractivity (Wildman–Crippen MR) is 111 cm³/mol. The molecular formula is C22H19FN2O6. The molecule has 1 aromatic heterocycles. The topological polar surface area (TPSA) is 107 Å². The Morgan fingerprint density at radius 3 is 2.35 bits per heavy atom. The van der Waals surface area contributed by atoms with Gasteiger partial charge in [-0.15, -0.1) is 0 Å². The van der Waals surface area contributed by atoms with E-state index in [2.05, 4.69) is 5.32 Å². The fourth-order valence-corrected chi connectivity index (χ4v) is 3.02. The largest absolute Gasteiger partial charge is 0.497 e. The van der Waals surface area contributed by atoms with Crippen molar-refractivity contribution in [3.8, 4) is 17.2 Å². The summed E-state index contributed by atoms with van der Waals surface area (Å²) in [5.41, 5.74) is -0.0426. The summed E-state index contributed by atoms with van der Waals surface area (Å²) in [6.45, 7) is -0.550. The minimum atomic E-state index is -1.19. The molecular weight excluding hydrogens is 407 g/mol. The van der Waals surface area contributed by atoms with Gasteiger partial charge in [-0.25, -0.2) is 4.39 Å². The standard InChI is InChI=1S/C22H19FN2O6/c1-30-15-7-9-17(18(11-15)31-2)25-19(26)10-8-16(22(25)24-12-20(27)28)21(29)13-3-5-14(23)6-4-13/h3-11,24H,12H2,1-2H3,(H,27,28). The molecule has 2 N–H and O–H groups in total. The zero-order valence-corrected chi connectivity index (χ0v) is 16.7. The van der Waals surface area contributed by atoms with Crippen LogP contribution in [0.2, 0.25) is 0 Å². The van der Waals surface area contributed by atoms with Gasteiger partial charge in [-0.2, -0.15) is 0 Å². The van der Waals surface area contributed by atoms with Crippen molar-refractivity contribution in [3.05, 3.63) is 81.9 Å². The highest BCUT2D eigenvalue weighted by atomic mass is 19.1. The Hall–Kier alpha value is -4.14. The van der Waals surface area contributed by atoms with Crippen LogP contribution in [-0.2, 0) is 4.79 Å². The van der Waals surface area contributed by atoms with Gasteiger partial charge in [0.1, 0.15) is 29.7 Å². The molecule has 3 aromatic rings. The Kier molecular flexibility index (Phi) is 6.35. The molecule has 0 fully saturated rings. The number of carboxylic acid groups (broad SMARTS) is 1. The molecule has 0 radical (unpaired) electrons. The van der Waals surface area contributed by atoms with E-state index in [0.717, 1.165) is 16.7 Å². The molecule has 0 aliphatic heterocycles. The molecule has 0 aliphatic carbocycles. The molecule has 0 bridgehead atoms. The third kappa shape index (κ3) is 4.55. The molecule has 0 unspecified atom stereocenters. The van der Waals surface area contributed by atoms with Crippen molar-refractivity contribution in [2.24, 2.45) is 0 Å². The SMILES string of the molecule is COc1ccc(-n2c(NCC(=O)O)c(C(=O)c3ccc(F)cc3)ccc2=O)c(OC)c1. The van der Waals surface area contributed by atoms with Crippen LogP contribution >= 0.6 is 0 Å².